The minimum Gasteiger partial charge on any atom is -0.392 e. The molecule has 0 spiro atoms. The van der Waals surface area contributed by atoms with Crippen molar-refractivity contribution in [2.24, 2.45) is 11.8 Å². The minimum atomic E-state index is -0.198. The summed E-state index contributed by atoms with van der Waals surface area (Å²) in [6.45, 7) is 8.36. The number of hydrogen-bond acceptors (Lipinski definition) is 3. The number of nitrogens with one attached hydrogen (secondary N) is 1. The van der Waals surface area contributed by atoms with E-state index in [4.69, 9.17) is 0 Å². The van der Waals surface area contributed by atoms with Crippen LogP contribution < -0.4 is 5.32 Å². The predicted molar refractivity (Wildman–Crippen MR) is 63.9 cm³/mol. The Morgan fingerprint density at radius 1 is 1.33 bits per heavy atom. The first-order chi connectivity index (χ1) is 7.09. The van der Waals surface area contributed by atoms with Gasteiger partial charge >= 0.3 is 0 Å². The van der Waals surface area contributed by atoms with Gasteiger partial charge in [0, 0.05) is 6.54 Å². The molecule has 15 heavy (non-hydrogen) atoms. The average molecular weight is 214 g/mol. The van der Waals surface area contributed by atoms with Gasteiger partial charge in [0.05, 0.1) is 6.10 Å². The fourth-order valence-corrected chi connectivity index (χ4v) is 1.94. The Kier molecular flexibility index (Phi) is 5.58. The van der Waals surface area contributed by atoms with Gasteiger partial charge < -0.3 is 15.3 Å². The standard InChI is InChI=1S/C12H26N2O/c1-10(2)12(15)9-13-8-11-4-6-14(3)7-5-11/h10-13,15H,4-9H2,1-3H3. The second-order valence-electron chi connectivity index (χ2n) is 5.22. The van der Waals surface area contributed by atoms with E-state index >= 15 is 0 Å². The molecule has 3 heteroatoms. The SMILES string of the molecule is CC(C)C(O)CNCC1CCN(C)CC1. The third-order valence-electron chi connectivity index (χ3n) is 3.39. The summed E-state index contributed by atoms with van der Waals surface area (Å²) in [5, 5.41) is 13.0. The van der Waals surface area contributed by atoms with Gasteiger partial charge in [-0.3, -0.25) is 0 Å². The molecule has 0 aromatic heterocycles. The van der Waals surface area contributed by atoms with Crippen molar-refractivity contribution < 1.29 is 5.11 Å². The molecule has 2 N–H and O–H groups in total. The fraction of sp³-hybridized carbons (Fsp3) is 1.00. The lowest BCUT2D eigenvalue weighted by atomic mass is 9.97. The second-order valence-corrected chi connectivity index (χ2v) is 5.22. The molecule has 0 radical (unpaired) electrons. The van der Waals surface area contributed by atoms with Crippen molar-refractivity contribution in [2.75, 3.05) is 33.2 Å². The van der Waals surface area contributed by atoms with Crippen LogP contribution in [0.3, 0.4) is 0 Å². The van der Waals surface area contributed by atoms with E-state index in [-0.39, 0.29) is 6.10 Å². The molecule has 0 saturated carbocycles. The minimum absolute atomic E-state index is 0.198. The molecule has 1 aliphatic rings. The maximum absolute atomic E-state index is 9.63. The molecule has 0 aliphatic carbocycles. The van der Waals surface area contributed by atoms with Gasteiger partial charge in [-0.05, 0) is 51.4 Å². The topological polar surface area (TPSA) is 35.5 Å². The van der Waals surface area contributed by atoms with Crippen molar-refractivity contribution in [3.8, 4) is 0 Å². The van der Waals surface area contributed by atoms with Gasteiger partial charge in [-0.25, -0.2) is 0 Å². The Morgan fingerprint density at radius 3 is 2.47 bits per heavy atom. The molecule has 1 heterocycles. The number of rotatable bonds is 5. The van der Waals surface area contributed by atoms with Crippen LogP contribution >= 0.6 is 0 Å². The lowest BCUT2D eigenvalue weighted by molar-refractivity contribution is 0.120. The van der Waals surface area contributed by atoms with Crippen molar-refractivity contribution in [3.05, 3.63) is 0 Å². The summed E-state index contributed by atoms with van der Waals surface area (Å²) in [6, 6.07) is 0. The van der Waals surface area contributed by atoms with E-state index in [1.54, 1.807) is 0 Å². The molecule has 1 aliphatic heterocycles. The van der Waals surface area contributed by atoms with Gasteiger partial charge in [-0.15, -0.1) is 0 Å². The van der Waals surface area contributed by atoms with Gasteiger partial charge in [-0.2, -0.15) is 0 Å². The summed E-state index contributed by atoms with van der Waals surface area (Å²) in [5.74, 6) is 1.16. The third kappa shape index (κ3) is 4.96. The quantitative estimate of drug-likeness (QED) is 0.715. The Balaban J connectivity index is 2.05. The number of likely N-dealkylation sites (tertiary alicyclic amines) is 1. The second kappa shape index (κ2) is 6.46. The number of hydrogen-bond donors (Lipinski definition) is 2. The molecule has 0 amide bonds. The Labute approximate surface area is 93.9 Å². The van der Waals surface area contributed by atoms with Crippen molar-refractivity contribution >= 4 is 0 Å². The van der Waals surface area contributed by atoms with E-state index in [2.05, 4.69) is 31.1 Å². The highest BCUT2D eigenvalue weighted by Crippen LogP contribution is 2.14. The zero-order chi connectivity index (χ0) is 11.3. The Hall–Kier alpha value is -0.120. The summed E-state index contributed by atoms with van der Waals surface area (Å²) in [4.78, 5) is 2.39. The van der Waals surface area contributed by atoms with E-state index in [1.165, 1.54) is 25.9 Å². The number of aliphatic hydroxyl groups excluding tert-OH is 1. The molecular weight excluding hydrogens is 188 g/mol. The maximum atomic E-state index is 9.63. The van der Waals surface area contributed by atoms with Crippen LogP contribution in [0, 0.1) is 11.8 Å². The highest BCUT2D eigenvalue weighted by Gasteiger charge is 2.16. The van der Waals surface area contributed by atoms with Crippen LogP contribution in [-0.2, 0) is 0 Å². The molecule has 1 atom stereocenters. The van der Waals surface area contributed by atoms with Crippen molar-refractivity contribution in [2.45, 2.75) is 32.8 Å². The molecule has 1 fully saturated rings. The summed E-state index contributed by atoms with van der Waals surface area (Å²) in [6.07, 6.45) is 2.39. The van der Waals surface area contributed by atoms with Crippen LogP contribution in [0.1, 0.15) is 26.7 Å². The van der Waals surface area contributed by atoms with Crippen LogP contribution in [0.5, 0.6) is 0 Å². The smallest absolute Gasteiger partial charge is 0.0687 e. The van der Waals surface area contributed by atoms with Crippen LogP contribution in [0.2, 0.25) is 0 Å². The summed E-state index contributed by atoms with van der Waals surface area (Å²) < 4.78 is 0. The number of aliphatic hydroxyl groups is 1. The van der Waals surface area contributed by atoms with Crippen molar-refractivity contribution in [1.82, 2.24) is 10.2 Å². The van der Waals surface area contributed by atoms with E-state index in [9.17, 15) is 5.11 Å². The molecule has 0 aromatic carbocycles. The zero-order valence-corrected chi connectivity index (χ0v) is 10.4. The first kappa shape index (κ1) is 12.9. The van der Waals surface area contributed by atoms with E-state index in [1.807, 2.05) is 0 Å². The van der Waals surface area contributed by atoms with Crippen LogP contribution in [0.4, 0.5) is 0 Å². The van der Waals surface area contributed by atoms with Crippen molar-refractivity contribution in [1.29, 1.82) is 0 Å². The first-order valence-electron chi connectivity index (χ1n) is 6.17. The van der Waals surface area contributed by atoms with Gasteiger partial charge in [0.2, 0.25) is 0 Å². The van der Waals surface area contributed by atoms with Crippen LogP contribution in [0.25, 0.3) is 0 Å². The monoisotopic (exact) mass is 214 g/mol. The summed E-state index contributed by atoms with van der Waals surface area (Å²) in [5.41, 5.74) is 0. The van der Waals surface area contributed by atoms with Gasteiger partial charge in [-0.1, -0.05) is 13.8 Å². The molecule has 1 rings (SSSR count). The summed E-state index contributed by atoms with van der Waals surface area (Å²) in [7, 11) is 2.19. The molecule has 3 nitrogen and oxygen atoms in total. The lowest BCUT2D eigenvalue weighted by Crippen LogP contribution is -2.38. The molecule has 1 unspecified atom stereocenters. The largest absolute Gasteiger partial charge is 0.392 e. The maximum Gasteiger partial charge on any atom is 0.0687 e. The number of piperidine rings is 1. The molecule has 0 aromatic rings. The molecule has 0 bridgehead atoms. The van der Waals surface area contributed by atoms with Gasteiger partial charge in [0.15, 0.2) is 0 Å². The van der Waals surface area contributed by atoms with Crippen LogP contribution in [0.15, 0.2) is 0 Å². The predicted octanol–water partition coefficient (Wildman–Crippen LogP) is 0.935. The highest BCUT2D eigenvalue weighted by molar-refractivity contribution is 4.73. The normalized spacial score (nSPS) is 22.2. The zero-order valence-electron chi connectivity index (χ0n) is 10.4. The summed E-state index contributed by atoms with van der Waals surface area (Å²) >= 11 is 0. The molecule has 90 valence electrons. The van der Waals surface area contributed by atoms with E-state index in [0.717, 1.165) is 19.0 Å². The first-order valence-corrected chi connectivity index (χ1v) is 6.17. The van der Waals surface area contributed by atoms with Crippen LogP contribution in [-0.4, -0.2) is 49.3 Å². The number of nitrogens with zero attached hydrogens (tertiary/aromatic N) is 1. The fourth-order valence-electron chi connectivity index (χ4n) is 1.94. The van der Waals surface area contributed by atoms with E-state index in [0.29, 0.717) is 5.92 Å². The molecular formula is C12H26N2O. The Bertz CT molecular complexity index is 165. The average Bonchev–Trinajstić information content (AvgIpc) is 2.20. The third-order valence-corrected chi connectivity index (χ3v) is 3.39. The van der Waals surface area contributed by atoms with Crippen molar-refractivity contribution in [3.63, 3.8) is 0 Å². The Morgan fingerprint density at radius 2 is 1.93 bits per heavy atom. The van der Waals surface area contributed by atoms with E-state index < -0.39 is 0 Å². The van der Waals surface area contributed by atoms with Gasteiger partial charge in [0.25, 0.3) is 0 Å². The van der Waals surface area contributed by atoms with Gasteiger partial charge in [0.1, 0.15) is 0 Å². The molecule has 1 saturated heterocycles. The highest BCUT2D eigenvalue weighted by atomic mass is 16.3. The lowest BCUT2D eigenvalue weighted by Gasteiger charge is -2.29.